The number of carboxylic acid groups (broad SMARTS) is 1. The van der Waals surface area contributed by atoms with E-state index < -0.39 is 31.9 Å². The Labute approximate surface area is 193 Å². The maximum absolute atomic E-state index is 14.8. The van der Waals surface area contributed by atoms with Gasteiger partial charge in [-0.1, -0.05) is 20.8 Å². The van der Waals surface area contributed by atoms with Crippen LogP contribution in [0.2, 0.25) is 18.1 Å². The fourth-order valence-electron chi connectivity index (χ4n) is 2.77. The number of imide groups is 1. The number of aldehydes is 1. The van der Waals surface area contributed by atoms with Crippen molar-refractivity contribution in [2.24, 2.45) is 0 Å². The minimum Gasteiger partial charge on any atom is -0.464 e. The highest BCUT2D eigenvalue weighted by Gasteiger charge is 2.37. The third-order valence-electron chi connectivity index (χ3n) is 5.59. The van der Waals surface area contributed by atoms with Gasteiger partial charge < -0.3 is 14.3 Å². The van der Waals surface area contributed by atoms with Gasteiger partial charge in [-0.3, -0.25) is 4.79 Å². The zero-order valence-corrected chi connectivity index (χ0v) is 21.3. The number of carbonyl (C=O) groups excluding carboxylic acids is 2. The molecule has 1 aromatic carbocycles. The smallest absolute Gasteiger partial charge is 0.425 e. The van der Waals surface area contributed by atoms with Crippen LogP contribution in [-0.4, -0.2) is 42.5 Å². The number of rotatable bonds is 5. The third kappa shape index (κ3) is 5.94. The van der Waals surface area contributed by atoms with E-state index in [9.17, 15) is 23.9 Å². The van der Waals surface area contributed by atoms with E-state index in [2.05, 4.69) is 38.8 Å². The van der Waals surface area contributed by atoms with Crippen LogP contribution in [0.5, 0.6) is 0 Å². The molecule has 0 aliphatic carbocycles. The van der Waals surface area contributed by atoms with E-state index in [1.54, 1.807) is 20.8 Å². The molecule has 0 aliphatic rings. The highest BCUT2D eigenvalue weighted by molar-refractivity contribution is 6.74. The van der Waals surface area contributed by atoms with Crippen LogP contribution in [0.25, 0.3) is 10.8 Å². The van der Waals surface area contributed by atoms with Crippen molar-refractivity contribution in [2.45, 2.75) is 71.9 Å². The number of amides is 2. The first kappa shape index (κ1) is 26.4. The van der Waals surface area contributed by atoms with Crippen LogP contribution in [0.4, 0.5) is 19.8 Å². The zero-order chi connectivity index (χ0) is 25.4. The summed E-state index contributed by atoms with van der Waals surface area (Å²) in [5.74, 6) is -1.09. The molecular formula is C23H31FN2O6Si. The van der Waals surface area contributed by atoms with Crippen molar-refractivity contribution in [1.82, 2.24) is 4.98 Å². The molecule has 0 bridgehead atoms. The predicted octanol–water partition coefficient (Wildman–Crippen LogP) is 6.13. The SMILES string of the molecule is CC(C)(C)OC(=O)N(C(=O)O)c1cc2c(C=O)c(F)cc(CO[Si](C)(C)C(C)(C)C)c2cn1. The number of hydrogen-bond donors (Lipinski definition) is 1. The fraction of sp³-hybridized carbons (Fsp3) is 0.478. The molecule has 0 saturated carbocycles. The Morgan fingerprint density at radius 3 is 2.24 bits per heavy atom. The molecule has 180 valence electrons. The Balaban J connectivity index is 2.60. The molecule has 0 saturated heterocycles. The molecule has 0 spiro atoms. The number of benzene rings is 1. The van der Waals surface area contributed by atoms with E-state index in [0.717, 1.165) is 0 Å². The number of nitrogens with zero attached hydrogens (tertiary/aromatic N) is 2. The fourth-order valence-corrected chi connectivity index (χ4v) is 3.72. The minimum absolute atomic E-state index is 0.0646. The molecule has 0 radical (unpaired) electrons. The summed E-state index contributed by atoms with van der Waals surface area (Å²) in [5.41, 5.74) is -0.744. The average molecular weight is 479 g/mol. The Hall–Kier alpha value is -2.85. The highest BCUT2D eigenvalue weighted by atomic mass is 28.4. The van der Waals surface area contributed by atoms with Crippen LogP contribution < -0.4 is 4.90 Å². The van der Waals surface area contributed by atoms with Gasteiger partial charge in [0.05, 0.1) is 12.2 Å². The molecule has 8 nitrogen and oxygen atoms in total. The number of pyridine rings is 1. The van der Waals surface area contributed by atoms with E-state index in [0.29, 0.717) is 22.1 Å². The van der Waals surface area contributed by atoms with E-state index in [1.807, 2.05) is 0 Å². The molecule has 0 aliphatic heterocycles. The number of carbonyl (C=O) groups is 3. The van der Waals surface area contributed by atoms with Gasteiger partial charge in [0.1, 0.15) is 17.2 Å². The molecule has 2 aromatic rings. The van der Waals surface area contributed by atoms with E-state index >= 15 is 0 Å². The average Bonchev–Trinajstić information content (AvgIpc) is 2.63. The van der Waals surface area contributed by atoms with Crippen molar-refractivity contribution in [1.29, 1.82) is 0 Å². The second-order valence-electron chi connectivity index (χ2n) is 10.3. The molecule has 0 fully saturated rings. The minimum atomic E-state index is -2.16. The summed E-state index contributed by atoms with van der Waals surface area (Å²) in [5, 5.41) is 10.1. The number of fused-ring (bicyclic) bond motifs is 1. The first-order valence-electron chi connectivity index (χ1n) is 10.4. The van der Waals surface area contributed by atoms with Gasteiger partial charge in [0.25, 0.3) is 0 Å². The van der Waals surface area contributed by atoms with Crippen LogP contribution in [-0.2, 0) is 15.8 Å². The molecular weight excluding hydrogens is 447 g/mol. The lowest BCUT2D eigenvalue weighted by Gasteiger charge is -2.36. The van der Waals surface area contributed by atoms with Crippen molar-refractivity contribution in [3.8, 4) is 0 Å². The summed E-state index contributed by atoms with van der Waals surface area (Å²) in [6.07, 6.45) is -1.13. The van der Waals surface area contributed by atoms with E-state index in [4.69, 9.17) is 9.16 Å². The Morgan fingerprint density at radius 1 is 1.15 bits per heavy atom. The standard InChI is InChI=1S/C23H31FN2O6Si/c1-22(2,3)32-21(30)26(20(28)29)19-10-15-16(11-25-19)14(9-18(24)17(15)12-27)13-31-33(7,8)23(4,5)6/h9-12H,13H2,1-8H3,(H,28,29). The monoisotopic (exact) mass is 478 g/mol. The highest BCUT2D eigenvalue weighted by Crippen LogP contribution is 2.38. The summed E-state index contributed by atoms with van der Waals surface area (Å²) in [7, 11) is -2.16. The summed E-state index contributed by atoms with van der Waals surface area (Å²) in [4.78, 5) is 40.3. The van der Waals surface area contributed by atoms with Crippen molar-refractivity contribution < 1.29 is 33.0 Å². The topological polar surface area (TPSA) is 106 Å². The molecule has 33 heavy (non-hydrogen) atoms. The first-order chi connectivity index (χ1) is 15.0. The molecule has 0 atom stereocenters. The van der Waals surface area contributed by atoms with Gasteiger partial charge in [0.2, 0.25) is 0 Å². The number of aromatic nitrogens is 1. The van der Waals surface area contributed by atoms with E-state index in [-0.39, 0.29) is 28.4 Å². The van der Waals surface area contributed by atoms with Gasteiger partial charge in [0.15, 0.2) is 14.6 Å². The summed E-state index contributed by atoms with van der Waals surface area (Å²) >= 11 is 0. The van der Waals surface area contributed by atoms with Crippen LogP contribution in [0.1, 0.15) is 57.5 Å². The van der Waals surface area contributed by atoms with Gasteiger partial charge in [-0.05, 0) is 56.6 Å². The second-order valence-corrected chi connectivity index (χ2v) is 15.1. The number of anilines is 1. The van der Waals surface area contributed by atoms with Gasteiger partial charge in [-0.2, -0.15) is 4.90 Å². The van der Waals surface area contributed by atoms with Gasteiger partial charge in [-0.15, -0.1) is 0 Å². The van der Waals surface area contributed by atoms with Crippen LogP contribution in [0.3, 0.4) is 0 Å². The Morgan fingerprint density at radius 2 is 1.76 bits per heavy atom. The molecule has 1 aromatic heterocycles. The van der Waals surface area contributed by atoms with Crippen LogP contribution in [0, 0.1) is 5.82 Å². The molecule has 10 heteroatoms. The zero-order valence-electron chi connectivity index (χ0n) is 20.3. The maximum atomic E-state index is 14.8. The summed E-state index contributed by atoms with van der Waals surface area (Å²) < 4.78 is 26.1. The molecule has 2 rings (SSSR count). The van der Waals surface area contributed by atoms with Crippen molar-refractivity contribution >= 4 is 43.4 Å². The van der Waals surface area contributed by atoms with Crippen LogP contribution >= 0.6 is 0 Å². The Bertz CT molecular complexity index is 1090. The number of ether oxygens (including phenoxy) is 1. The normalized spacial score (nSPS) is 12.5. The Kier molecular flexibility index (Phi) is 7.35. The van der Waals surface area contributed by atoms with Crippen LogP contribution in [0.15, 0.2) is 18.3 Å². The number of hydrogen-bond acceptors (Lipinski definition) is 6. The number of halogens is 1. The van der Waals surface area contributed by atoms with Crippen molar-refractivity contribution in [2.75, 3.05) is 4.90 Å². The summed E-state index contributed by atoms with van der Waals surface area (Å²) in [6.45, 7) is 15.2. The molecule has 1 N–H and O–H groups in total. The largest absolute Gasteiger partial charge is 0.464 e. The molecule has 2 amide bonds. The van der Waals surface area contributed by atoms with Gasteiger partial charge >= 0.3 is 12.2 Å². The predicted molar refractivity (Wildman–Crippen MR) is 126 cm³/mol. The first-order valence-corrected chi connectivity index (χ1v) is 13.4. The van der Waals surface area contributed by atoms with Crippen molar-refractivity contribution in [3.05, 3.63) is 35.3 Å². The lowest BCUT2D eigenvalue weighted by atomic mass is 10.0. The second kappa shape index (κ2) is 9.18. The maximum Gasteiger partial charge on any atom is 0.425 e. The van der Waals surface area contributed by atoms with Gasteiger partial charge in [0, 0.05) is 17.0 Å². The molecule has 1 heterocycles. The van der Waals surface area contributed by atoms with Gasteiger partial charge in [-0.25, -0.2) is 19.0 Å². The van der Waals surface area contributed by atoms with E-state index in [1.165, 1.54) is 18.3 Å². The lowest BCUT2D eigenvalue weighted by Crippen LogP contribution is -2.40. The molecule has 0 unspecified atom stereocenters. The lowest BCUT2D eigenvalue weighted by molar-refractivity contribution is 0.0580. The summed E-state index contributed by atoms with van der Waals surface area (Å²) in [6, 6.07) is 2.42. The van der Waals surface area contributed by atoms with Crippen molar-refractivity contribution in [3.63, 3.8) is 0 Å². The third-order valence-corrected chi connectivity index (χ3v) is 10.1. The quantitative estimate of drug-likeness (QED) is 0.407.